The summed E-state index contributed by atoms with van der Waals surface area (Å²) in [5, 5.41) is 14.9. The molecule has 1 saturated carbocycles. The molecule has 1 rings (SSSR count). The van der Waals surface area contributed by atoms with Gasteiger partial charge in [-0.15, -0.1) is 0 Å². The second-order valence-electron chi connectivity index (χ2n) is 6.07. The Balaban J connectivity index is 2.39. The topological polar surface area (TPSA) is 78.4 Å². The number of aliphatic carboxylic acids is 1. The van der Waals surface area contributed by atoms with Gasteiger partial charge >= 0.3 is 5.97 Å². The molecule has 0 heterocycles. The van der Waals surface area contributed by atoms with Crippen LogP contribution in [0.25, 0.3) is 0 Å². The third-order valence-corrected chi connectivity index (χ3v) is 3.32. The zero-order chi connectivity index (χ0) is 13.8. The predicted octanol–water partition coefficient (Wildman–Crippen LogP) is 1.13. The minimum Gasteiger partial charge on any atom is -0.480 e. The fraction of sp³-hybridized carbons (Fsp3) is 0.846. The van der Waals surface area contributed by atoms with E-state index in [1.54, 1.807) is 20.8 Å². The first kappa shape index (κ1) is 15.0. The van der Waals surface area contributed by atoms with E-state index in [-0.39, 0.29) is 12.5 Å². The molecule has 0 aromatic rings. The Kier molecular flexibility index (Phi) is 5.14. The smallest absolute Gasteiger partial charge is 0.326 e. The molecule has 5 nitrogen and oxygen atoms in total. The molecule has 18 heavy (non-hydrogen) atoms. The van der Waals surface area contributed by atoms with Gasteiger partial charge in [0.2, 0.25) is 5.91 Å². The van der Waals surface area contributed by atoms with Crippen LogP contribution in [-0.4, -0.2) is 35.6 Å². The summed E-state index contributed by atoms with van der Waals surface area (Å²) in [6, 6.07) is -0.441. The monoisotopic (exact) mass is 256 g/mol. The van der Waals surface area contributed by atoms with Gasteiger partial charge in [-0.1, -0.05) is 33.6 Å². The average molecular weight is 256 g/mol. The van der Waals surface area contributed by atoms with Crippen molar-refractivity contribution in [2.45, 2.75) is 58.5 Å². The highest BCUT2D eigenvalue weighted by Gasteiger charge is 2.32. The highest BCUT2D eigenvalue weighted by Crippen LogP contribution is 2.19. The molecule has 1 unspecified atom stereocenters. The van der Waals surface area contributed by atoms with Crippen molar-refractivity contribution in [3.63, 3.8) is 0 Å². The standard InChI is InChI=1S/C13H24N2O3/c1-13(2,3)11(12(17)18)15-10(16)8-14-9-6-4-5-7-9/h9,11,14H,4-8H2,1-3H3,(H,15,16)(H,17,18). The van der Waals surface area contributed by atoms with E-state index in [9.17, 15) is 9.59 Å². The van der Waals surface area contributed by atoms with Gasteiger partial charge in [0, 0.05) is 6.04 Å². The van der Waals surface area contributed by atoms with Crippen LogP contribution in [0.4, 0.5) is 0 Å². The maximum Gasteiger partial charge on any atom is 0.326 e. The summed E-state index contributed by atoms with van der Waals surface area (Å²) in [6.45, 7) is 5.61. The van der Waals surface area contributed by atoms with E-state index >= 15 is 0 Å². The van der Waals surface area contributed by atoms with Crippen LogP contribution in [0.2, 0.25) is 0 Å². The highest BCUT2D eigenvalue weighted by atomic mass is 16.4. The van der Waals surface area contributed by atoms with Crippen LogP contribution < -0.4 is 10.6 Å². The lowest BCUT2D eigenvalue weighted by Crippen LogP contribution is -2.51. The van der Waals surface area contributed by atoms with Crippen LogP contribution in [0.3, 0.4) is 0 Å². The maximum absolute atomic E-state index is 11.7. The lowest BCUT2D eigenvalue weighted by Gasteiger charge is -2.28. The molecule has 0 bridgehead atoms. The second-order valence-corrected chi connectivity index (χ2v) is 6.07. The summed E-state index contributed by atoms with van der Waals surface area (Å²) >= 11 is 0. The van der Waals surface area contributed by atoms with Crippen molar-refractivity contribution < 1.29 is 14.7 Å². The fourth-order valence-corrected chi connectivity index (χ4v) is 2.23. The first-order chi connectivity index (χ1) is 8.30. The van der Waals surface area contributed by atoms with Gasteiger partial charge in [-0.05, 0) is 18.3 Å². The number of amides is 1. The summed E-state index contributed by atoms with van der Waals surface area (Å²) in [4.78, 5) is 22.8. The Hall–Kier alpha value is -1.10. The number of hydrogen-bond donors (Lipinski definition) is 3. The molecule has 0 aliphatic heterocycles. The van der Waals surface area contributed by atoms with Crippen LogP contribution in [-0.2, 0) is 9.59 Å². The minimum atomic E-state index is -0.989. The largest absolute Gasteiger partial charge is 0.480 e. The minimum absolute atomic E-state index is 0.199. The Bertz CT molecular complexity index is 304. The van der Waals surface area contributed by atoms with Crippen molar-refractivity contribution in [3.8, 4) is 0 Å². The van der Waals surface area contributed by atoms with Crippen molar-refractivity contribution in [2.75, 3.05) is 6.54 Å². The van der Waals surface area contributed by atoms with Gasteiger partial charge in [0.05, 0.1) is 6.54 Å². The lowest BCUT2D eigenvalue weighted by molar-refractivity contribution is -0.144. The van der Waals surface area contributed by atoms with E-state index in [0.717, 1.165) is 12.8 Å². The van der Waals surface area contributed by atoms with Gasteiger partial charge in [-0.2, -0.15) is 0 Å². The van der Waals surface area contributed by atoms with Gasteiger partial charge in [0.1, 0.15) is 6.04 Å². The summed E-state index contributed by atoms with van der Waals surface area (Å²) in [7, 11) is 0. The van der Waals surface area contributed by atoms with Crippen LogP contribution in [0.15, 0.2) is 0 Å². The molecule has 1 atom stereocenters. The molecule has 3 N–H and O–H groups in total. The number of carbonyl (C=O) groups excluding carboxylic acids is 1. The van der Waals surface area contributed by atoms with Crippen LogP contribution in [0.1, 0.15) is 46.5 Å². The van der Waals surface area contributed by atoms with E-state index in [4.69, 9.17) is 5.11 Å². The van der Waals surface area contributed by atoms with Crippen molar-refractivity contribution in [3.05, 3.63) is 0 Å². The quantitative estimate of drug-likeness (QED) is 0.689. The SMILES string of the molecule is CC(C)(C)C(NC(=O)CNC1CCCC1)C(=O)O. The highest BCUT2D eigenvalue weighted by molar-refractivity contribution is 5.85. The van der Waals surface area contributed by atoms with E-state index in [2.05, 4.69) is 10.6 Å². The molecule has 1 aliphatic carbocycles. The molecule has 1 aliphatic rings. The van der Waals surface area contributed by atoms with Crippen LogP contribution in [0.5, 0.6) is 0 Å². The van der Waals surface area contributed by atoms with Crippen molar-refractivity contribution >= 4 is 11.9 Å². The third kappa shape index (κ3) is 4.64. The first-order valence-electron chi connectivity index (χ1n) is 6.56. The summed E-state index contributed by atoms with van der Waals surface area (Å²) in [6.07, 6.45) is 4.63. The third-order valence-electron chi connectivity index (χ3n) is 3.32. The fourth-order valence-electron chi connectivity index (χ4n) is 2.23. The van der Waals surface area contributed by atoms with Gasteiger partial charge in [0.25, 0.3) is 0 Å². The van der Waals surface area contributed by atoms with Gasteiger partial charge < -0.3 is 15.7 Å². The van der Waals surface area contributed by atoms with E-state index in [1.807, 2.05) is 0 Å². The molecular weight excluding hydrogens is 232 g/mol. The number of nitrogens with one attached hydrogen (secondary N) is 2. The molecule has 0 saturated heterocycles. The molecule has 5 heteroatoms. The number of rotatable bonds is 5. The van der Waals surface area contributed by atoms with Crippen LogP contribution in [0, 0.1) is 5.41 Å². The van der Waals surface area contributed by atoms with Crippen molar-refractivity contribution in [1.82, 2.24) is 10.6 Å². The zero-order valence-electron chi connectivity index (χ0n) is 11.5. The molecule has 104 valence electrons. The predicted molar refractivity (Wildman–Crippen MR) is 69.3 cm³/mol. The van der Waals surface area contributed by atoms with Crippen molar-refractivity contribution in [1.29, 1.82) is 0 Å². The van der Waals surface area contributed by atoms with E-state index in [0.29, 0.717) is 6.04 Å². The van der Waals surface area contributed by atoms with Crippen molar-refractivity contribution in [2.24, 2.45) is 5.41 Å². The van der Waals surface area contributed by atoms with E-state index in [1.165, 1.54) is 12.8 Å². The normalized spacial score (nSPS) is 18.6. The molecule has 0 aromatic heterocycles. The second kappa shape index (κ2) is 6.18. The molecule has 0 radical (unpaired) electrons. The Morgan fingerprint density at radius 3 is 2.28 bits per heavy atom. The number of carboxylic acids is 1. The Morgan fingerprint density at radius 1 is 1.28 bits per heavy atom. The van der Waals surface area contributed by atoms with E-state index < -0.39 is 17.4 Å². The van der Waals surface area contributed by atoms with Gasteiger partial charge in [-0.3, -0.25) is 4.79 Å². The number of hydrogen-bond acceptors (Lipinski definition) is 3. The molecule has 1 amide bonds. The first-order valence-corrected chi connectivity index (χ1v) is 6.56. The number of carbonyl (C=O) groups is 2. The Labute approximate surface area is 108 Å². The van der Waals surface area contributed by atoms with Gasteiger partial charge in [-0.25, -0.2) is 4.79 Å². The summed E-state index contributed by atoms with van der Waals surface area (Å²) in [5.74, 6) is -1.24. The molecular formula is C13H24N2O3. The molecule has 0 aromatic carbocycles. The maximum atomic E-state index is 11.7. The summed E-state index contributed by atoms with van der Waals surface area (Å²) < 4.78 is 0. The number of carboxylic acid groups (broad SMARTS) is 1. The molecule has 1 fully saturated rings. The van der Waals surface area contributed by atoms with Crippen LogP contribution >= 0.6 is 0 Å². The Morgan fingerprint density at radius 2 is 1.83 bits per heavy atom. The van der Waals surface area contributed by atoms with Gasteiger partial charge in [0.15, 0.2) is 0 Å². The molecule has 0 spiro atoms. The summed E-state index contributed by atoms with van der Waals surface area (Å²) in [5.41, 5.74) is -0.491. The lowest BCUT2D eigenvalue weighted by atomic mass is 9.87. The zero-order valence-corrected chi connectivity index (χ0v) is 11.5. The average Bonchev–Trinajstić information content (AvgIpc) is 2.73.